The van der Waals surface area contributed by atoms with Crippen LogP contribution in [-0.4, -0.2) is 24.3 Å². The van der Waals surface area contributed by atoms with Gasteiger partial charge in [0.2, 0.25) is 0 Å². The molecule has 0 unspecified atom stereocenters. The fraction of sp³-hybridized carbons (Fsp3) is 0.100. The van der Waals surface area contributed by atoms with Crippen molar-refractivity contribution < 1.29 is 19.4 Å². The van der Waals surface area contributed by atoms with Crippen molar-refractivity contribution in [3.63, 3.8) is 0 Å². The number of benzene rings is 3. The van der Waals surface area contributed by atoms with Gasteiger partial charge in [0.15, 0.2) is 0 Å². The minimum absolute atomic E-state index is 0.266. The maximum Gasteiger partial charge on any atom is 0.407 e. The molecule has 0 aliphatic carbocycles. The summed E-state index contributed by atoms with van der Waals surface area (Å²) in [5, 5.41) is 16.8. The number of amides is 1. The number of carbonyl (C=O) groups is 2. The van der Waals surface area contributed by atoms with E-state index in [0.717, 1.165) is 22.3 Å². The molecule has 3 rings (SSSR count). The number of fused-ring (bicyclic) bond motifs is 1. The predicted octanol–water partition coefficient (Wildman–Crippen LogP) is 4.14. The molecule has 0 aromatic heterocycles. The summed E-state index contributed by atoms with van der Waals surface area (Å²) in [6.45, 7) is 0.348. The van der Waals surface area contributed by atoms with Crippen molar-refractivity contribution in [1.29, 1.82) is 0 Å². The standard InChI is InChI=1S/C20H18N2O4/c1-26-20(25)21-12-13-5-4-6-14(11-13)22-18-10-9-17(19(23)24)15-7-2-3-8-16(15)18/h2-11,22H,12H2,1H3,(H,21,25)(H,23,24). The lowest BCUT2D eigenvalue weighted by molar-refractivity contribution is 0.0699. The van der Waals surface area contributed by atoms with Gasteiger partial charge in [0.25, 0.3) is 0 Å². The van der Waals surface area contributed by atoms with Crippen molar-refractivity contribution >= 4 is 34.2 Å². The van der Waals surface area contributed by atoms with E-state index in [2.05, 4.69) is 15.4 Å². The molecule has 0 saturated heterocycles. The maximum absolute atomic E-state index is 11.4. The molecule has 3 aromatic carbocycles. The second-order valence-electron chi connectivity index (χ2n) is 5.68. The predicted molar refractivity (Wildman–Crippen MR) is 99.9 cm³/mol. The van der Waals surface area contributed by atoms with Crippen LogP contribution in [0.5, 0.6) is 0 Å². The molecule has 0 spiro atoms. The van der Waals surface area contributed by atoms with E-state index in [1.54, 1.807) is 18.2 Å². The Labute approximate surface area is 150 Å². The summed E-state index contributed by atoms with van der Waals surface area (Å²) in [6, 6.07) is 18.3. The van der Waals surface area contributed by atoms with E-state index >= 15 is 0 Å². The summed E-state index contributed by atoms with van der Waals surface area (Å²) in [7, 11) is 1.32. The second-order valence-corrected chi connectivity index (χ2v) is 5.68. The van der Waals surface area contributed by atoms with Gasteiger partial charge in [-0.15, -0.1) is 0 Å². The number of carbonyl (C=O) groups excluding carboxylic acids is 1. The summed E-state index contributed by atoms with van der Waals surface area (Å²) in [5.41, 5.74) is 2.82. The van der Waals surface area contributed by atoms with Crippen LogP contribution in [0, 0.1) is 0 Å². The number of methoxy groups -OCH3 is 1. The van der Waals surface area contributed by atoms with Crippen molar-refractivity contribution in [2.45, 2.75) is 6.54 Å². The van der Waals surface area contributed by atoms with Crippen molar-refractivity contribution in [3.05, 3.63) is 71.8 Å². The van der Waals surface area contributed by atoms with Gasteiger partial charge in [-0.1, -0.05) is 36.4 Å². The Morgan fingerprint density at radius 2 is 1.77 bits per heavy atom. The Kier molecular flexibility index (Phi) is 5.03. The van der Waals surface area contributed by atoms with Crippen molar-refractivity contribution in [3.8, 4) is 0 Å². The fourth-order valence-corrected chi connectivity index (χ4v) is 2.76. The number of anilines is 2. The average Bonchev–Trinajstić information content (AvgIpc) is 2.66. The summed E-state index contributed by atoms with van der Waals surface area (Å²) in [5.74, 6) is -0.955. The molecule has 0 heterocycles. The van der Waals surface area contributed by atoms with Crippen LogP contribution in [0.15, 0.2) is 60.7 Å². The molecule has 6 heteroatoms. The number of hydrogen-bond donors (Lipinski definition) is 3. The van der Waals surface area contributed by atoms with Gasteiger partial charge in [0.05, 0.1) is 12.7 Å². The van der Waals surface area contributed by atoms with Crippen LogP contribution in [0.2, 0.25) is 0 Å². The van der Waals surface area contributed by atoms with Crippen LogP contribution in [0.1, 0.15) is 15.9 Å². The molecule has 0 saturated carbocycles. The monoisotopic (exact) mass is 350 g/mol. The highest BCUT2D eigenvalue weighted by molar-refractivity contribution is 6.08. The number of alkyl carbamates (subject to hydrolysis) is 1. The Bertz CT molecular complexity index is 969. The molecule has 0 atom stereocenters. The van der Waals surface area contributed by atoms with Crippen LogP contribution in [-0.2, 0) is 11.3 Å². The number of aromatic carboxylic acids is 1. The van der Waals surface area contributed by atoms with Gasteiger partial charge in [-0.05, 0) is 35.2 Å². The molecule has 0 aliphatic rings. The van der Waals surface area contributed by atoms with Gasteiger partial charge in [0.1, 0.15) is 0 Å². The van der Waals surface area contributed by atoms with Gasteiger partial charge in [-0.25, -0.2) is 9.59 Å². The van der Waals surface area contributed by atoms with E-state index in [4.69, 9.17) is 0 Å². The molecule has 3 N–H and O–H groups in total. The first-order valence-corrected chi connectivity index (χ1v) is 8.01. The highest BCUT2D eigenvalue weighted by atomic mass is 16.5. The first kappa shape index (κ1) is 17.3. The van der Waals surface area contributed by atoms with E-state index in [-0.39, 0.29) is 5.56 Å². The average molecular weight is 350 g/mol. The summed E-state index contributed by atoms with van der Waals surface area (Å²) < 4.78 is 4.56. The van der Waals surface area contributed by atoms with Crippen LogP contribution in [0.25, 0.3) is 10.8 Å². The highest BCUT2D eigenvalue weighted by Crippen LogP contribution is 2.29. The normalized spacial score (nSPS) is 10.3. The third-order valence-corrected chi connectivity index (χ3v) is 3.98. The van der Waals surface area contributed by atoms with Gasteiger partial charge in [-0.2, -0.15) is 0 Å². The number of carboxylic acid groups (broad SMARTS) is 1. The number of hydrogen-bond acceptors (Lipinski definition) is 4. The molecule has 0 radical (unpaired) electrons. The van der Waals surface area contributed by atoms with Crippen molar-refractivity contribution in [2.75, 3.05) is 12.4 Å². The Balaban J connectivity index is 1.89. The zero-order chi connectivity index (χ0) is 18.5. The fourth-order valence-electron chi connectivity index (χ4n) is 2.76. The molecular weight excluding hydrogens is 332 g/mol. The molecule has 0 fully saturated rings. The molecule has 6 nitrogen and oxygen atoms in total. The summed E-state index contributed by atoms with van der Waals surface area (Å²) in [6.07, 6.45) is -0.487. The SMILES string of the molecule is COC(=O)NCc1cccc(Nc2ccc(C(=O)O)c3ccccc23)c1. The van der Waals surface area contributed by atoms with Crippen molar-refractivity contribution in [2.24, 2.45) is 0 Å². The van der Waals surface area contributed by atoms with Gasteiger partial charge < -0.3 is 20.5 Å². The molecule has 132 valence electrons. The second kappa shape index (κ2) is 7.57. The Morgan fingerprint density at radius 3 is 2.50 bits per heavy atom. The molecule has 0 bridgehead atoms. The molecule has 0 aliphatic heterocycles. The Morgan fingerprint density at radius 1 is 1.00 bits per heavy atom. The molecular formula is C20H18N2O4. The zero-order valence-corrected chi connectivity index (χ0v) is 14.2. The van der Waals surface area contributed by atoms with E-state index in [0.29, 0.717) is 11.9 Å². The van der Waals surface area contributed by atoms with Gasteiger partial charge in [-0.3, -0.25) is 0 Å². The number of carboxylic acids is 1. The highest BCUT2D eigenvalue weighted by Gasteiger charge is 2.11. The number of ether oxygens (including phenoxy) is 1. The lowest BCUT2D eigenvalue weighted by atomic mass is 10.0. The largest absolute Gasteiger partial charge is 0.478 e. The first-order chi connectivity index (χ1) is 12.6. The minimum atomic E-state index is -0.955. The van der Waals surface area contributed by atoms with E-state index < -0.39 is 12.1 Å². The van der Waals surface area contributed by atoms with E-state index in [1.165, 1.54) is 7.11 Å². The molecule has 3 aromatic rings. The van der Waals surface area contributed by atoms with Gasteiger partial charge >= 0.3 is 12.1 Å². The van der Waals surface area contributed by atoms with E-state index in [9.17, 15) is 14.7 Å². The molecule has 26 heavy (non-hydrogen) atoms. The van der Waals surface area contributed by atoms with Crippen LogP contribution in [0.3, 0.4) is 0 Å². The minimum Gasteiger partial charge on any atom is -0.478 e. The van der Waals surface area contributed by atoms with Crippen LogP contribution in [0.4, 0.5) is 16.2 Å². The Hall–Kier alpha value is -3.54. The number of nitrogens with one attached hydrogen (secondary N) is 2. The van der Waals surface area contributed by atoms with Crippen LogP contribution < -0.4 is 10.6 Å². The van der Waals surface area contributed by atoms with Crippen LogP contribution >= 0.6 is 0 Å². The molecule has 1 amide bonds. The first-order valence-electron chi connectivity index (χ1n) is 8.01. The lowest BCUT2D eigenvalue weighted by Gasteiger charge is -2.13. The van der Waals surface area contributed by atoms with E-state index in [1.807, 2.05) is 42.5 Å². The quantitative estimate of drug-likeness (QED) is 0.644. The summed E-state index contributed by atoms with van der Waals surface area (Å²) in [4.78, 5) is 22.6. The smallest absolute Gasteiger partial charge is 0.407 e. The maximum atomic E-state index is 11.4. The lowest BCUT2D eigenvalue weighted by Crippen LogP contribution is -2.22. The van der Waals surface area contributed by atoms with Crippen molar-refractivity contribution in [1.82, 2.24) is 5.32 Å². The zero-order valence-electron chi connectivity index (χ0n) is 14.2. The van der Waals surface area contributed by atoms with Gasteiger partial charge in [0, 0.05) is 23.3 Å². The third-order valence-electron chi connectivity index (χ3n) is 3.98. The third kappa shape index (κ3) is 3.75. The topological polar surface area (TPSA) is 87.7 Å². The summed E-state index contributed by atoms with van der Waals surface area (Å²) >= 11 is 0. The number of rotatable bonds is 5.